The highest BCUT2D eigenvalue weighted by Gasteiger charge is 2.18. The Morgan fingerprint density at radius 3 is 2.75 bits per heavy atom. The van der Waals surface area contributed by atoms with Crippen molar-refractivity contribution in [2.24, 2.45) is 5.73 Å². The first-order valence-corrected chi connectivity index (χ1v) is 6.29. The average molecular weight is 248 g/mol. The van der Waals surface area contributed by atoms with Crippen LogP contribution in [-0.2, 0) is 21.3 Å². The first kappa shape index (κ1) is 13.2. The third-order valence-corrected chi connectivity index (χ3v) is 3.36. The molecule has 1 aromatic rings. The number of nitrogens with one attached hydrogen (secondary N) is 1. The number of rotatable bonds is 6. The van der Waals surface area contributed by atoms with E-state index in [0.29, 0.717) is 5.76 Å². The van der Waals surface area contributed by atoms with Gasteiger partial charge in [-0.3, -0.25) is 0 Å². The molecule has 0 spiro atoms. The van der Waals surface area contributed by atoms with E-state index in [4.69, 9.17) is 14.9 Å². The summed E-state index contributed by atoms with van der Waals surface area (Å²) in [6, 6.07) is 2.91. The van der Waals surface area contributed by atoms with E-state index in [1.54, 1.807) is 6.92 Å². The smallest absolute Gasteiger partial charge is 0.274 e. The molecule has 1 aromatic heterocycles. The third-order valence-electron chi connectivity index (χ3n) is 2.07. The highest BCUT2D eigenvalue weighted by atomic mass is 32.2. The van der Waals surface area contributed by atoms with Gasteiger partial charge in [-0.25, -0.2) is 13.1 Å². The minimum absolute atomic E-state index is 0.128. The molecule has 7 heteroatoms. The van der Waals surface area contributed by atoms with Gasteiger partial charge in [-0.15, -0.1) is 0 Å². The molecule has 0 saturated carbocycles. The van der Waals surface area contributed by atoms with E-state index in [1.807, 2.05) is 0 Å². The van der Waals surface area contributed by atoms with Crippen molar-refractivity contribution in [1.29, 1.82) is 0 Å². The lowest BCUT2D eigenvalue weighted by Gasteiger charge is -2.09. The standard InChI is InChI=1S/C9H16N2O4S/c1-7(14-2)6-11-16(12,13)9-4-3-8(5-10)15-9/h3-4,7,11H,5-6,10H2,1-2H3. The van der Waals surface area contributed by atoms with E-state index in [2.05, 4.69) is 4.72 Å². The van der Waals surface area contributed by atoms with Gasteiger partial charge in [-0.05, 0) is 19.1 Å². The first-order valence-electron chi connectivity index (χ1n) is 4.81. The van der Waals surface area contributed by atoms with Gasteiger partial charge in [0, 0.05) is 13.7 Å². The third kappa shape index (κ3) is 3.31. The van der Waals surface area contributed by atoms with Crippen LogP contribution < -0.4 is 10.5 Å². The Labute approximate surface area is 94.8 Å². The van der Waals surface area contributed by atoms with Crippen molar-refractivity contribution in [3.8, 4) is 0 Å². The summed E-state index contributed by atoms with van der Waals surface area (Å²) in [5.74, 6) is 0.431. The molecule has 0 fully saturated rings. The van der Waals surface area contributed by atoms with Gasteiger partial charge in [-0.2, -0.15) is 0 Å². The van der Waals surface area contributed by atoms with E-state index in [-0.39, 0.29) is 24.3 Å². The van der Waals surface area contributed by atoms with Gasteiger partial charge in [-0.1, -0.05) is 0 Å². The monoisotopic (exact) mass is 248 g/mol. The molecular formula is C9H16N2O4S. The molecule has 0 saturated heterocycles. The molecule has 0 aliphatic heterocycles. The molecule has 0 aromatic carbocycles. The SMILES string of the molecule is COC(C)CNS(=O)(=O)c1ccc(CN)o1. The zero-order chi connectivity index (χ0) is 12.2. The fourth-order valence-corrected chi connectivity index (χ4v) is 2.05. The van der Waals surface area contributed by atoms with Gasteiger partial charge in [0.2, 0.25) is 5.09 Å². The number of hydrogen-bond acceptors (Lipinski definition) is 5. The summed E-state index contributed by atoms with van der Waals surface area (Å²) in [6.45, 7) is 2.12. The maximum absolute atomic E-state index is 11.7. The van der Waals surface area contributed by atoms with Crippen LogP contribution in [-0.4, -0.2) is 28.2 Å². The molecule has 6 nitrogen and oxygen atoms in total. The molecule has 0 bridgehead atoms. The van der Waals surface area contributed by atoms with Crippen molar-refractivity contribution in [1.82, 2.24) is 4.72 Å². The molecule has 3 N–H and O–H groups in total. The Morgan fingerprint density at radius 2 is 2.25 bits per heavy atom. The minimum atomic E-state index is -3.61. The highest BCUT2D eigenvalue weighted by molar-refractivity contribution is 7.89. The van der Waals surface area contributed by atoms with Crippen LogP contribution in [0.1, 0.15) is 12.7 Å². The van der Waals surface area contributed by atoms with Crippen LogP contribution in [0.4, 0.5) is 0 Å². The summed E-state index contributed by atoms with van der Waals surface area (Å²) in [6.07, 6.45) is -0.196. The summed E-state index contributed by atoms with van der Waals surface area (Å²) in [7, 11) is -2.09. The van der Waals surface area contributed by atoms with Crippen molar-refractivity contribution >= 4 is 10.0 Å². The molecule has 1 heterocycles. The van der Waals surface area contributed by atoms with Crippen LogP contribution in [0, 0.1) is 0 Å². The topological polar surface area (TPSA) is 94.6 Å². The molecular weight excluding hydrogens is 232 g/mol. The number of furan rings is 1. The number of ether oxygens (including phenoxy) is 1. The van der Waals surface area contributed by atoms with E-state index in [0.717, 1.165) is 0 Å². The molecule has 92 valence electrons. The molecule has 1 rings (SSSR count). The van der Waals surface area contributed by atoms with Crippen molar-refractivity contribution in [2.75, 3.05) is 13.7 Å². The fourth-order valence-electron chi connectivity index (χ4n) is 0.994. The van der Waals surface area contributed by atoms with E-state index < -0.39 is 10.0 Å². The molecule has 0 radical (unpaired) electrons. The number of methoxy groups -OCH3 is 1. The molecule has 0 aliphatic rings. The van der Waals surface area contributed by atoms with Crippen LogP contribution in [0.25, 0.3) is 0 Å². The van der Waals surface area contributed by atoms with Gasteiger partial charge < -0.3 is 14.9 Å². The molecule has 0 aliphatic carbocycles. The minimum Gasteiger partial charge on any atom is -0.447 e. The number of nitrogens with two attached hydrogens (primary N) is 1. The summed E-state index contributed by atoms with van der Waals surface area (Å²) >= 11 is 0. The maximum atomic E-state index is 11.7. The normalized spacial score (nSPS) is 13.9. The lowest BCUT2D eigenvalue weighted by molar-refractivity contribution is 0.122. The Kier molecular flexibility index (Phi) is 4.48. The fraction of sp³-hybridized carbons (Fsp3) is 0.556. The van der Waals surface area contributed by atoms with Crippen molar-refractivity contribution in [2.45, 2.75) is 24.7 Å². The van der Waals surface area contributed by atoms with Gasteiger partial charge in [0.15, 0.2) is 0 Å². The van der Waals surface area contributed by atoms with Gasteiger partial charge in [0.1, 0.15) is 5.76 Å². The van der Waals surface area contributed by atoms with Crippen molar-refractivity contribution in [3.63, 3.8) is 0 Å². The lowest BCUT2D eigenvalue weighted by Crippen LogP contribution is -2.31. The zero-order valence-electron chi connectivity index (χ0n) is 9.26. The molecule has 0 amide bonds. The predicted molar refractivity (Wildman–Crippen MR) is 58.3 cm³/mol. The number of sulfonamides is 1. The predicted octanol–water partition coefficient (Wildman–Crippen LogP) is 0.0515. The van der Waals surface area contributed by atoms with Crippen LogP contribution >= 0.6 is 0 Å². The molecule has 1 unspecified atom stereocenters. The molecule has 16 heavy (non-hydrogen) atoms. The highest BCUT2D eigenvalue weighted by Crippen LogP contribution is 2.13. The van der Waals surface area contributed by atoms with Gasteiger partial charge in [0.05, 0.1) is 12.6 Å². The largest absolute Gasteiger partial charge is 0.447 e. The maximum Gasteiger partial charge on any atom is 0.274 e. The first-order chi connectivity index (χ1) is 7.49. The van der Waals surface area contributed by atoms with Crippen molar-refractivity contribution in [3.05, 3.63) is 17.9 Å². The lowest BCUT2D eigenvalue weighted by atomic mass is 10.4. The number of hydrogen-bond donors (Lipinski definition) is 2. The zero-order valence-corrected chi connectivity index (χ0v) is 10.1. The quantitative estimate of drug-likeness (QED) is 0.742. The Balaban J connectivity index is 2.70. The Bertz CT molecular complexity index is 426. The van der Waals surface area contributed by atoms with E-state index in [1.165, 1.54) is 19.2 Å². The second-order valence-electron chi connectivity index (χ2n) is 3.32. The van der Waals surface area contributed by atoms with E-state index in [9.17, 15) is 8.42 Å². The average Bonchev–Trinajstić information content (AvgIpc) is 2.75. The summed E-state index contributed by atoms with van der Waals surface area (Å²) in [5, 5.41) is -0.128. The second kappa shape index (κ2) is 5.44. The van der Waals surface area contributed by atoms with Crippen LogP contribution in [0.15, 0.2) is 21.6 Å². The van der Waals surface area contributed by atoms with Crippen LogP contribution in [0.2, 0.25) is 0 Å². The Hall–Kier alpha value is -0.890. The summed E-state index contributed by atoms with van der Waals surface area (Å²) < 4.78 is 35.7. The van der Waals surface area contributed by atoms with Crippen LogP contribution in [0.5, 0.6) is 0 Å². The summed E-state index contributed by atoms with van der Waals surface area (Å²) in [4.78, 5) is 0. The second-order valence-corrected chi connectivity index (χ2v) is 5.02. The van der Waals surface area contributed by atoms with Crippen molar-refractivity contribution < 1.29 is 17.6 Å². The Morgan fingerprint density at radius 1 is 1.56 bits per heavy atom. The van der Waals surface area contributed by atoms with E-state index >= 15 is 0 Å². The van der Waals surface area contributed by atoms with Gasteiger partial charge in [0.25, 0.3) is 10.0 Å². The van der Waals surface area contributed by atoms with Gasteiger partial charge >= 0.3 is 0 Å². The van der Waals surface area contributed by atoms with Crippen LogP contribution in [0.3, 0.4) is 0 Å². The summed E-state index contributed by atoms with van der Waals surface area (Å²) in [5.41, 5.74) is 5.32. The molecule has 1 atom stereocenters.